The van der Waals surface area contributed by atoms with Gasteiger partial charge in [0.15, 0.2) is 0 Å². The highest BCUT2D eigenvalue weighted by Gasteiger charge is 2.35. The van der Waals surface area contributed by atoms with Gasteiger partial charge in [-0.05, 0) is 18.2 Å². The molecule has 0 fully saturated rings. The maximum atomic E-state index is 13.1. The summed E-state index contributed by atoms with van der Waals surface area (Å²) in [6.45, 7) is -0.291. The van der Waals surface area contributed by atoms with Gasteiger partial charge in [-0.2, -0.15) is 13.2 Å². The summed E-state index contributed by atoms with van der Waals surface area (Å²) < 4.78 is 76.1. The largest absolute Gasteiger partial charge is 0.419 e. The molecule has 0 aliphatic heterocycles. The van der Waals surface area contributed by atoms with Gasteiger partial charge in [0.1, 0.15) is 5.82 Å². The van der Waals surface area contributed by atoms with Crippen LogP contribution in [-0.4, -0.2) is 27.9 Å². The molecule has 1 aromatic rings. The van der Waals surface area contributed by atoms with Crippen molar-refractivity contribution in [3.8, 4) is 0 Å². The lowest BCUT2D eigenvalue weighted by molar-refractivity contribution is -0.140. The molecule has 1 amide bonds. The van der Waals surface area contributed by atoms with Crippen LogP contribution in [0.3, 0.4) is 0 Å². The van der Waals surface area contributed by atoms with Crippen molar-refractivity contribution in [3.63, 3.8) is 0 Å². The van der Waals surface area contributed by atoms with Crippen LogP contribution in [0.2, 0.25) is 0 Å². The molecule has 21 heavy (non-hydrogen) atoms. The minimum Gasteiger partial charge on any atom is -0.359 e. The van der Waals surface area contributed by atoms with Gasteiger partial charge in [-0.1, -0.05) is 0 Å². The summed E-state index contributed by atoms with van der Waals surface area (Å²) >= 11 is 0. The van der Waals surface area contributed by atoms with Crippen LogP contribution in [-0.2, 0) is 21.0 Å². The van der Waals surface area contributed by atoms with Crippen molar-refractivity contribution in [2.45, 2.75) is 17.5 Å². The van der Waals surface area contributed by atoms with Crippen LogP contribution in [0.4, 0.5) is 17.6 Å². The highest BCUT2D eigenvalue weighted by atomic mass is 32.2. The smallest absolute Gasteiger partial charge is 0.359 e. The van der Waals surface area contributed by atoms with E-state index in [1.54, 1.807) is 0 Å². The summed E-state index contributed by atoms with van der Waals surface area (Å²) in [6.07, 6.45) is -5.18. The molecule has 0 unspecified atom stereocenters. The number of carbonyl (C=O) groups is 1. The molecule has 0 aromatic heterocycles. The Hall–Kier alpha value is -1.68. The number of hydrogen-bond donors (Lipinski definition) is 2. The van der Waals surface area contributed by atoms with E-state index in [2.05, 4.69) is 5.32 Å². The fraction of sp³-hybridized carbons (Fsp3) is 0.364. The molecule has 0 radical (unpaired) electrons. The summed E-state index contributed by atoms with van der Waals surface area (Å²) in [7, 11) is -2.91. The first-order valence-corrected chi connectivity index (χ1v) is 7.13. The van der Waals surface area contributed by atoms with Crippen LogP contribution in [0.5, 0.6) is 0 Å². The van der Waals surface area contributed by atoms with Gasteiger partial charge in [-0.15, -0.1) is 0 Å². The molecule has 0 aliphatic rings. The number of amides is 1. The maximum Gasteiger partial charge on any atom is 0.419 e. The molecule has 118 valence electrons. The zero-order valence-electron chi connectivity index (χ0n) is 10.8. The summed E-state index contributed by atoms with van der Waals surface area (Å²) in [5.41, 5.74) is -1.67. The molecule has 0 aliphatic carbocycles. The van der Waals surface area contributed by atoms with Gasteiger partial charge in [-0.3, -0.25) is 4.79 Å². The summed E-state index contributed by atoms with van der Waals surface area (Å²) in [5.74, 6) is -2.00. The van der Waals surface area contributed by atoms with Gasteiger partial charge in [0, 0.05) is 20.0 Å². The Morgan fingerprint density at radius 2 is 1.90 bits per heavy atom. The molecule has 1 aromatic carbocycles. The van der Waals surface area contributed by atoms with Gasteiger partial charge in [0.25, 0.3) is 0 Å². The van der Waals surface area contributed by atoms with Crippen molar-refractivity contribution in [2.24, 2.45) is 0 Å². The second-order valence-electron chi connectivity index (χ2n) is 3.96. The molecule has 5 nitrogen and oxygen atoms in total. The number of nitrogens with one attached hydrogen (secondary N) is 2. The van der Waals surface area contributed by atoms with E-state index in [0.717, 1.165) is 0 Å². The molecule has 0 atom stereocenters. The Bertz CT molecular complexity index is 629. The second kappa shape index (κ2) is 6.39. The van der Waals surface area contributed by atoms with Crippen LogP contribution in [0, 0.1) is 5.82 Å². The van der Waals surface area contributed by atoms with E-state index < -0.39 is 38.4 Å². The number of halogens is 4. The number of alkyl halides is 3. The number of benzene rings is 1. The van der Waals surface area contributed by atoms with Crippen LogP contribution in [0.15, 0.2) is 23.1 Å². The van der Waals surface area contributed by atoms with Crippen LogP contribution in [0.1, 0.15) is 12.0 Å². The van der Waals surface area contributed by atoms with Gasteiger partial charge in [-0.25, -0.2) is 17.5 Å². The fourth-order valence-electron chi connectivity index (χ4n) is 1.40. The molecule has 1 rings (SSSR count). The highest BCUT2D eigenvalue weighted by Crippen LogP contribution is 2.32. The standard InChI is InChI=1S/C11H12F4N2O3S/c1-16-10(18)4-5-17-21(19,20)7-2-3-9(12)8(6-7)11(13,14)15/h2-3,6,17H,4-5H2,1H3,(H,16,18). The summed E-state index contributed by atoms with van der Waals surface area (Å²) in [4.78, 5) is 10.2. The highest BCUT2D eigenvalue weighted by molar-refractivity contribution is 7.89. The monoisotopic (exact) mass is 328 g/mol. The lowest BCUT2D eigenvalue weighted by Crippen LogP contribution is -2.29. The number of carbonyl (C=O) groups excluding carboxylic acids is 1. The molecule has 0 heterocycles. The Balaban J connectivity index is 2.97. The minimum atomic E-state index is -5.00. The minimum absolute atomic E-state index is 0.178. The van der Waals surface area contributed by atoms with Crippen molar-refractivity contribution in [1.29, 1.82) is 0 Å². The van der Waals surface area contributed by atoms with Crippen molar-refractivity contribution in [1.82, 2.24) is 10.0 Å². The van der Waals surface area contributed by atoms with Gasteiger partial charge >= 0.3 is 6.18 Å². The first kappa shape index (κ1) is 17.4. The Morgan fingerprint density at radius 1 is 1.29 bits per heavy atom. The SMILES string of the molecule is CNC(=O)CCNS(=O)(=O)c1ccc(F)c(C(F)(F)F)c1. The Labute approximate surface area is 118 Å². The van der Waals surface area contributed by atoms with E-state index in [-0.39, 0.29) is 19.0 Å². The third kappa shape index (κ3) is 4.67. The molecule has 0 bridgehead atoms. The number of sulfonamides is 1. The van der Waals surface area contributed by atoms with Crippen molar-refractivity contribution in [2.75, 3.05) is 13.6 Å². The predicted molar refractivity (Wildman–Crippen MR) is 65.3 cm³/mol. The predicted octanol–water partition coefficient (Wildman–Crippen LogP) is 1.26. The average Bonchev–Trinajstić information content (AvgIpc) is 2.37. The zero-order valence-corrected chi connectivity index (χ0v) is 11.6. The second-order valence-corrected chi connectivity index (χ2v) is 5.73. The van der Waals surface area contributed by atoms with Crippen LogP contribution < -0.4 is 10.0 Å². The van der Waals surface area contributed by atoms with Crippen molar-refractivity contribution < 1.29 is 30.8 Å². The van der Waals surface area contributed by atoms with E-state index in [4.69, 9.17) is 0 Å². The van der Waals surface area contributed by atoms with Crippen LogP contribution >= 0.6 is 0 Å². The third-order valence-electron chi connectivity index (χ3n) is 2.48. The zero-order chi connectivity index (χ0) is 16.3. The van der Waals surface area contributed by atoms with E-state index in [9.17, 15) is 30.8 Å². The van der Waals surface area contributed by atoms with E-state index in [1.165, 1.54) is 7.05 Å². The number of hydrogen-bond acceptors (Lipinski definition) is 3. The molecular formula is C11H12F4N2O3S. The number of rotatable bonds is 5. The van der Waals surface area contributed by atoms with E-state index >= 15 is 0 Å². The summed E-state index contributed by atoms with van der Waals surface area (Å²) in [5, 5.41) is 2.26. The molecule has 2 N–H and O–H groups in total. The van der Waals surface area contributed by atoms with Gasteiger partial charge < -0.3 is 5.32 Å². The molecule has 0 spiro atoms. The first-order chi connectivity index (χ1) is 9.58. The van der Waals surface area contributed by atoms with Gasteiger partial charge in [0.05, 0.1) is 10.5 Å². The van der Waals surface area contributed by atoms with Gasteiger partial charge in [0.2, 0.25) is 15.9 Å². The third-order valence-corrected chi connectivity index (χ3v) is 3.94. The normalized spacial score (nSPS) is 12.2. The van der Waals surface area contributed by atoms with Crippen molar-refractivity contribution in [3.05, 3.63) is 29.6 Å². The lowest BCUT2D eigenvalue weighted by Gasteiger charge is -2.11. The van der Waals surface area contributed by atoms with Crippen molar-refractivity contribution >= 4 is 15.9 Å². The average molecular weight is 328 g/mol. The Morgan fingerprint density at radius 3 is 2.43 bits per heavy atom. The molecule has 0 saturated carbocycles. The fourth-order valence-corrected chi connectivity index (χ4v) is 2.45. The van der Waals surface area contributed by atoms with E-state index in [1.807, 2.05) is 4.72 Å². The van der Waals surface area contributed by atoms with E-state index in [0.29, 0.717) is 12.1 Å². The molecule has 10 heteroatoms. The molecule has 0 saturated heterocycles. The summed E-state index contributed by atoms with van der Waals surface area (Å²) in [6, 6.07) is 1.35. The first-order valence-electron chi connectivity index (χ1n) is 5.65. The lowest BCUT2D eigenvalue weighted by atomic mass is 10.2. The Kier molecular flexibility index (Phi) is 5.29. The van der Waals surface area contributed by atoms with Crippen LogP contribution in [0.25, 0.3) is 0 Å². The molecular weight excluding hydrogens is 316 g/mol. The maximum absolute atomic E-state index is 13.1. The topological polar surface area (TPSA) is 75.3 Å². The quantitative estimate of drug-likeness (QED) is 0.799.